The molecule has 106 valence electrons. The molecule has 1 unspecified atom stereocenters. The maximum Gasteiger partial charge on any atom is 0.346 e. The molecule has 1 aliphatic heterocycles. The summed E-state index contributed by atoms with van der Waals surface area (Å²) in [6.07, 6.45) is 0. The Balaban J connectivity index is 3.01. The predicted molar refractivity (Wildman–Crippen MR) is 69.9 cm³/mol. The van der Waals surface area contributed by atoms with Crippen molar-refractivity contribution in [1.29, 1.82) is 0 Å². The van der Waals surface area contributed by atoms with Crippen LogP contribution in [0, 0.1) is 0 Å². The Kier molecular flexibility index (Phi) is 5.41. The summed E-state index contributed by atoms with van der Waals surface area (Å²) in [6, 6.07) is 0. The van der Waals surface area contributed by atoms with E-state index in [-0.39, 0.29) is 19.1 Å². The van der Waals surface area contributed by atoms with Gasteiger partial charge in [0.15, 0.2) is 5.44 Å². The lowest BCUT2D eigenvalue weighted by atomic mass is 10.3. The molecule has 0 bridgehead atoms. The minimum atomic E-state index is -0.593. The van der Waals surface area contributed by atoms with Gasteiger partial charge in [-0.1, -0.05) is 11.8 Å². The fraction of sp³-hybridized carbons (Fsp3) is 0.583. The lowest BCUT2D eigenvalue weighted by Gasteiger charge is -2.32. The van der Waals surface area contributed by atoms with Crippen molar-refractivity contribution in [2.45, 2.75) is 33.1 Å². The van der Waals surface area contributed by atoms with Gasteiger partial charge in [0.05, 0.1) is 13.2 Å². The highest BCUT2D eigenvalue weighted by molar-refractivity contribution is 8.04. The maximum atomic E-state index is 11.8. The zero-order valence-electron chi connectivity index (χ0n) is 11.4. The Labute approximate surface area is 116 Å². The Hall–Kier alpha value is -1.50. The van der Waals surface area contributed by atoms with Crippen LogP contribution in [0.25, 0.3) is 0 Å². The quantitative estimate of drug-likeness (QED) is 0.728. The predicted octanol–water partition coefficient (Wildman–Crippen LogP) is 1.27. The van der Waals surface area contributed by atoms with Crippen LogP contribution in [0.3, 0.4) is 0 Å². The lowest BCUT2D eigenvalue weighted by Crippen LogP contribution is -2.40. The van der Waals surface area contributed by atoms with Crippen LogP contribution in [0.2, 0.25) is 0 Å². The highest BCUT2D eigenvalue weighted by atomic mass is 32.2. The van der Waals surface area contributed by atoms with Crippen molar-refractivity contribution in [3.05, 3.63) is 10.6 Å². The molecule has 0 aromatic rings. The third-order valence-corrected chi connectivity index (χ3v) is 3.66. The summed E-state index contributed by atoms with van der Waals surface area (Å²) in [4.78, 5) is 36.1. The van der Waals surface area contributed by atoms with E-state index in [0.717, 1.165) is 11.8 Å². The van der Waals surface area contributed by atoms with E-state index in [1.165, 1.54) is 18.7 Å². The number of rotatable bonds is 3. The molecule has 0 saturated heterocycles. The van der Waals surface area contributed by atoms with E-state index in [9.17, 15) is 14.4 Å². The van der Waals surface area contributed by atoms with Gasteiger partial charge in [-0.15, -0.1) is 0 Å². The SMILES string of the molecule is CCOC(=O)C1=C(C)N(C(C)=O)CC(OC(C)=O)S1. The van der Waals surface area contributed by atoms with E-state index in [1.807, 2.05) is 0 Å². The van der Waals surface area contributed by atoms with Gasteiger partial charge in [0.2, 0.25) is 5.91 Å². The fourth-order valence-corrected chi connectivity index (χ4v) is 2.77. The third kappa shape index (κ3) is 3.99. The maximum absolute atomic E-state index is 11.8. The highest BCUT2D eigenvalue weighted by Crippen LogP contribution is 2.34. The summed E-state index contributed by atoms with van der Waals surface area (Å²) in [7, 11) is 0. The van der Waals surface area contributed by atoms with Crippen molar-refractivity contribution in [1.82, 2.24) is 4.90 Å². The molecule has 1 heterocycles. The zero-order valence-corrected chi connectivity index (χ0v) is 12.2. The van der Waals surface area contributed by atoms with Crippen LogP contribution in [0.15, 0.2) is 10.6 Å². The number of hydrogen-bond donors (Lipinski definition) is 0. The molecule has 0 aromatic heterocycles. The molecule has 1 aliphatic rings. The topological polar surface area (TPSA) is 72.9 Å². The van der Waals surface area contributed by atoms with Crippen LogP contribution in [0.1, 0.15) is 27.7 Å². The van der Waals surface area contributed by atoms with E-state index < -0.39 is 17.4 Å². The molecule has 19 heavy (non-hydrogen) atoms. The summed E-state index contributed by atoms with van der Waals surface area (Å²) < 4.78 is 10.0. The van der Waals surface area contributed by atoms with E-state index >= 15 is 0 Å². The highest BCUT2D eigenvalue weighted by Gasteiger charge is 2.33. The number of amides is 1. The number of ether oxygens (including phenoxy) is 2. The van der Waals surface area contributed by atoms with Crippen LogP contribution in [0.4, 0.5) is 0 Å². The molecule has 0 fully saturated rings. The summed E-state index contributed by atoms with van der Waals surface area (Å²) in [6.45, 7) is 6.53. The molecular formula is C12H17NO5S. The zero-order chi connectivity index (χ0) is 14.6. The van der Waals surface area contributed by atoms with Gasteiger partial charge in [0, 0.05) is 19.5 Å². The number of thioether (sulfide) groups is 1. The molecule has 0 radical (unpaired) electrons. The molecule has 0 aromatic carbocycles. The van der Waals surface area contributed by atoms with Crippen molar-refractivity contribution in [3.63, 3.8) is 0 Å². The van der Waals surface area contributed by atoms with Gasteiger partial charge < -0.3 is 14.4 Å². The largest absolute Gasteiger partial charge is 0.462 e. The van der Waals surface area contributed by atoms with Crippen LogP contribution >= 0.6 is 11.8 Å². The Morgan fingerprint density at radius 3 is 2.47 bits per heavy atom. The molecule has 1 amide bonds. The number of carbonyl (C=O) groups is 3. The second kappa shape index (κ2) is 6.60. The standard InChI is InChI=1S/C12H17NO5S/c1-5-17-12(16)11-7(2)13(8(3)14)6-10(19-11)18-9(4)15/h10H,5-6H2,1-4H3. The second-order valence-corrected chi connectivity index (χ2v) is 5.09. The molecule has 6 nitrogen and oxygen atoms in total. The van der Waals surface area contributed by atoms with E-state index in [2.05, 4.69) is 0 Å². The lowest BCUT2D eigenvalue weighted by molar-refractivity contribution is -0.145. The summed E-state index contributed by atoms with van der Waals surface area (Å²) >= 11 is 1.11. The summed E-state index contributed by atoms with van der Waals surface area (Å²) in [5.41, 5.74) is -0.0659. The number of allylic oxidation sites excluding steroid dienone is 1. The van der Waals surface area contributed by atoms with Gasteiger partial charge in [-0.2, -0.15) is 0 Å². The van der Waals surface area contributed by atoms with Gasteiger partial charge in [0.25, 0.3) is 0 Å². The summed E-state index contributed by atoms with van der Waals surface area (Å²) in [5, 5.41) is 0. The normalized spacial score (nSPS) is 19.2. The van der Waals surface area contributed by atoms with Crippen molar-refractivity contribution >= 4 is 29.6 Å². The van der Waals surface area contributed by atoms with Gasteiger partial charge in [0.1, 0.15) is 4.91 Å². The molecule has 1 atom stereocenters. The second-order valence-electron chi connectivity index (χ2n) is 3.92. The van der Waals surface area contributed by atoms with Crippen molar-refractivity contribution < 1.29 is 23.9 Å². The van der Waals surface area contributed by atoms with E-state index in [0.29, 0.717) is 10.6 Å². The Bertz CT molecular complexity index is 432. The van der Waals surface area contributed by atoms with Gasteiger partial charge >= 0.3 is 11.9 Å². The molecule has 1 rings (SSSR count). The molecule has 0 saturated carbocycles. The molecular weight excluding hydrogens is 270 g/mol. The first-order chi connectivity index (χ1) is 8.86. The van der Waals surface area contributed by atoms with E-state index in [4.69, 9.17) is 9.47 Å². The Morgan fingerprint density at radius 1 is 1.37 bits per heavy atom. The van der Waals surface area contributed by atoms with Gasteiger partial charge in [-0.25, -0.2) is 4.79 Å². The van der Waals surface area contributed by atoms with Crippen LogP contribution in [-0.4, -0.2) is 41.3 Å². The van der Waals surface area contributed by atoms with Crippen LogP contribution in [0.5, 0.6) is 0 Å². The smallest absolute Gasteiger partial charge is 0.346 e. The number of esters is 2. The Morgan fingerprint density at radius 2 is 2.00 bits per heavy atom. The van der Waals surface area contributed by atoms with Crippen LogP contribution < -0.4 is 0 Å². The molecule has 0 N–H and O–H groups in total. The van der Waals surface area contributed by atoms with Crippen molar-refractivity contribution in [2.75, 3.05) is 13.2 Å². The van der Waals surface area contributed by atoms with Gasteiger partial charge in [-0.3, -0.25) is 9.59 Å². The number of nitrogens with zero attached hydrogens (tertiary/aromatic N) is 1. The molecule has 0 spiro atoms. The van der Waals surface area contributed by atoms with Crippen molar-refractivity contribution in [3.8, 4) is 0 Å². The van der Waals surface area contributed by atoms with Crippen molar-refractivity contribution in [2.24, 2.45) is 0 Å². The molecule has 0 aliphatic carbocycles. The first-order valence-electron chi connectivity index (χ1n) is 5.86. The van der Waals surface area contributed by atoms with Crippen LogP contribution in [-0.2, 0) is 23.9 Å². The fourth-order valence-electron chi connectivity index (χ4n) is 1.67. The average molecular weight is 287 g/mol. The minimum Gasteiger partial charge on any atom is -0.462 e. The number of hydrogen-bond acceptors (Lipinski definition) is 6. The number of carbonyl (C=O) groups excluding carboxylic acids is 3. The monoisotopic (exact) mass is 287 g/mol. The minimum absolute atomic E-state index is 0.211. The first kappa shape index (κ1) is 15.6. The third-order valence-electron chi connectivity index (χ3n) is 2.45. The van der Waals surface area contributed by atoms with Gasteiger partial charge in [-0.05, 0) is 13.8 Å². The summed E-state index contributed by atoms with van der Waals surface area (Å²) in [5.74, 6) is -1.17. The van der Waals surface area contributed by atoms with E-state index in [1.54, 1.807) is 13.8 Å². The molecule has 7 heteroatoms. The first-order valence-corrected chi connectivity index (χ1v) is 6.74. The average Bonchev–Trinajstić information content (AvgIpc) is 2.30.